The first-order valence-corrected chi connectivity index (χ1v) is 10.2. The normalized spacial score (nSPS) is 13.3. The van der Waals surface area contributed by atoms with Crippen LogP contribution in [0.15, 0.2) is 46.0 Å². The average Bonchev–Trinajstić information content (AvgIpc) is 3.34. The van der Waals surface area contributed by atoms with E-state index in [1.807, 2.05) is 51.1 Å². The lowest BCUT2D eigenvalue weighted by atomic mass is 10.1. The van der Waals surface area contributed by atoms with Crippen LogP contribution in [0, 0.1) is 13.8 Å². The van der Waals surface area contributed by atoms with Gasteiger partial charge in [-0.25, -0.2) is 0 Å². The Labute approximate surface area is 172 Å². The van der Waals surface area contributed by atoms with Crippen LogP contribution in [-0.4, -0.2) is 28.7 Å². The maximum absolute atomic E-state index is 12.3. The third kappa shape index (κ3) is 4.54. The number of hydrogen-bond donors (Lipinski definition) is 1. The van der Waals surface area contributed by atoms with Crippen molar-refractivity contribution >= 4 is 17.7 Å². The highest BCUT2D eigenvalue weighted by Crippen LogP contribution is 2.34. The lowest BCUT2D eigenvalue weighted by Crippen LogP contribution is -2.28. The first-order chi connectivity index (χ1) is 14.0. The molecule has 1 atom stereocenters. The van der Waals surface area contributed by atoms with E-state index in [0.717, 1.165) is 28.0 Å². The molecule has 7 nitrogen and oxygen atoms in total. The second kappa shape index (κ2) is 8.16. The van der Waals surface area contributed by atoms with Gasteiger partial charge in [-0.05, 0) is 50.6 Å². The second-order valence-electron chi connectivity index (χ2n) is 6.94. The summed E-state index contributed by atoms with van der Waals surface area (Å²) >= 11 is 1.21. The molecule has 0 radical (unpaired) electrons. The van der Waals surface area contributed by atoms with Gasteiger partial charge in [-0.3, -0.25) is 4.79 Å². The number of aryl methyl sites for hydroxylation is 2. The molecule has 2 aromatic carbocycles. The third-order valence-electron chi connectivity index (χ3n) is 4.48. The van der Waals surface area contributed by atoms with Crippen LogP contribution in [0.2, 0.25) is 0 Å². The van der Waals surface area contributed by atoms with E-state index in [0.29, 0.717) is 16.9 Å². The van der Waals surface area contributed by atoms with E-state index >= 15 is 0 Å². The van der Waals surface area contributed by atoms with Crippen molar-refractivity contribution in [1.82, 2.24) is 15.5 Å². The van der Waals surface area contributed by atoms with E-state index in [1.165, 1.54) is 11.8 Å². The number of ether oxygens (including phenoxy) is 2. The Morgan fingerprint density at radius 3 is 2.66 bits per heavy atom. The van der Waals surface area contributed by atoms with Gasteiger partial charge in [-0.1, -0.05) is 35.0 Å². The Morgan fingerprint density at radius 1 is 1.10 bits per heavy atom. The van der Waals surface area contributed by atoms with Gasteiger partial charge in [0.25, 0.3) is 5.22 Å². The predicted octanol–water partition coefficient (Wildman–Crippen LogP) is 4.05. The largest absolute Gasteiger partial charge is 0.454 e. The van der Waals surface area contributed by atoms with Crippen LogP contribution >= 0.6 is 11.8 Å². The molecule has 8 heteroatoms. The molecule has 0 saturated heterocycles. The minimum Gasteiger partial charge on any atom is -0.454 e. The first kappa shape index (κ1) is 19.3. The Morgan fingerprint density at radius 2 is 1.86 bits per heavy atom. The minimum atomic E-state index is -0.161. The molecule has 150 valence electrons. The quantitative estimate of drug-likeness (QED) is 0.612. The lowest BCUT2D eigenvalue weighted by molar-refractivity contribution is -0.119. The molecule has 1 aromatic heterocycles. The topological polar surface area (TPSA) is 86.5 Å². The zero-order chi connectivity index (χ0) is 20.4. The molecule has 29 heavy (non-hydrogen) atoms. The SMILES string of the molecule is Cc1cc(C)cc(-c2nnc(SCC(=O)N[C@@H](C)c3ccc4c(c3)OCO4)o2)c1. The molecule has 0 spiro atoms. The number of fused-ring (bicyclic) bond motifs is 1. The van der Waals surface area contributed by atoms with E-state index in [9.17, 15) is 4.79 Å². The van der Waals surface area contributed by atoms with Crippen molar-refractivity contribution in [2.75, 3.05) is 12.5 Å². The fourth-order valence-electron chi connectivity index (χ4n) is 3.16. The van der Waals surface area contributed by atoms with Crippen molar-refractivity contribution in [2.45, 2.75) is 32.0 Å². The Hall–Kier alpha value is -3.00. The van der Waals surface area contributed by atoms with E-state index in [-0.39, 0.29) is 24.5 Å². The standard InChI is InChI=1S/C21H21N3O4S/c1-12-6-13(2)8-16(7-12)20-23-24-21(28-20)29-10-19(25)22-14(3)15-4-5-17-18(9-15)27-11-26-17/h4-9,14H,10-11H2,1-3H3,(H,22,25)/t14-/m0/s1. The van der Waals surface area contributed by atoms with Crippen LogP contribution < -0.4 is 14.8 Å². The summed E-state index contributed by atoms with van der Waals surface area (Å²) < 4.78 is 16.4. The highest BCUT2D eigenvalue weighted by molar-refractivity contribution is 7.99. The fourth-order valence-corrected chi connectivity index (χ4v) is 3.73. The molecule has 1 aliphatic heterocycles. The molecule has 0 unspecified atom stereocenters. The van der Waals surface area contributed by atoms with Crippen molar-refractivity contribution in [3.8, 4) is 23.0 Å². The van der Waals surface area contributed by atoms with Gasteiger partial charge in [0.05, 0.1) is 11.8 Å². The van der Waals surface area contributed by atoms with Gasteiger partial charge in [-0.15, -0.1) is 10.2 Å². The maximum atomic E-state index is 12.3. The number of carbonyl (C=O) groups is 1. The zero-order valence-electron chi connectivity index (χ0n) is 16.4. The van der Waals surface area contributed by atoms with Crippen LogP contribution in [0.4, 0.5) is 0 Å². The van der Waals surface area contributed by atoms with E-state index in [1.54, 1.807) is 0 Å². The summed E-state index contributed by atoms with van der Waals surface area (Å²) in [6.07, 6.45) is 0. The van der Waals surface area contributed by atoms with Crippen molar-refractivity contribution in [2.24, 2.45) is 0 Å². The molecule has 1 amide bonds. The van der Waals surface area contributed by atoms with Gasteiger partial charge in [0, 0.05) is 5.56 Å². The summed E-state index contributed by atoms with van der Waals surface area (Å²) in [5, 5.41) is 11.5. The average molecular weight is 411 g/mol. The van der Waals surface area contributed by atoms with E-state index in [2.05, 4.69) is 21.6 Å². The summed E-state index contributed by atoms with van der Waals surface area (Å²) in [6.45, 7) is 6.19. The van der Waals surface area contributed by atoms with Crippen molar-refractivity contribution in [3.63, 3.8) is 0 Å². The number of rotatable bonds is 6. The molecule has 3 aromatic rings. The van der Waals surface area contributed by atoms with Crippen LogP contribution in [0.3, 0.4) is 0 Å². The number of nitrogens with zero attached hydrogens (tertiary/aromatic N) is 2. The van der Waals surface area contributed by atoms with Gasteiger partial charge < -0.3 is 19.2 Å². The van der Waals surface area contributed by atoms with Gasteiger partial charge in [0.15, 0.2) is 11.5 Å². The van der Waals surface area contributed by atoms with Crippen LogP contribution in [-0.2, 0) is 4.79 Å². The van der Waals surface area contributed by atoms with Gasteiger partial charge in [0.2, 0.25) is 18.6 Å². The van der Waals surface area contributed by atoms with E-state index in [4.69, 9.17) is 13.9 Å². The highest BCUT2D eigenvalue weighted by atomic mass is 32.2. The molecular weight excluding hydrogens is 390 g/mol. The molecule has 2 heterocycles. The maximum Gasteiger partial charge on any atom is 0.277 e. The van der Waals surface area contributed by atoms with Gasteiger partial charge in [0.1, 0.15) is 0 Å². The first-order valence-electron chi connectivity index (χ1n) is 9.22. The third-order valence-corrected chi connectivity index (χ3v) is 5.29. The molecule has 0 saturated carbocycles. The summed E-state index contributed by atoms with van der Waals surface area (Å²) in [7, 11) is 0. The lowest BCUT2D eigenvalue weighted by Gasteiger charge is -2.14. The molecule has 0 bridgehead atoms. The molecule has 1 aliphatic rings. The van der Waals surface area contributed by atoms with Crippen LogP contribution in [0.25, 0.3) is 11.5 Å². The van der Waals surface area contributed by atoms with Crippen LogP contribution in [0.1, 0.15) is 29.7 Å². The number of benzene rings is 2. The number of carbonyl (C=O) groups excluding carboxylic acids is 1. The van der Waals surface area contributed by atoms with Crippen molar-refractivity contribution in [3.05, 3.63) is 53.1 Å². The summed E-state index contributed by atoms with van der Waals surface area (Å²) in [4.78, 5) is 12.3. The summed E-state index contributed by atoms with van der Waals surface area (Å²) in [5.74, 6) is 1.94. The van der Waals surface area contributed by atoms with Crippen LogP contribution in [0.5, 0.6) is 11.5 Å². The van der Waals surface area contributed by atoms with Gasteiger partial charge in [-0.2, -0.15) is 0 Å². The Balaban J connectivity index is 1.33. The van der Waals surface area contributed by atoms with E-state index < -0.39 is 0 Å². The second-order valence-corrected chi connectivity index (χ2v) is 7.87. The summed E-state index contributed by atoms with van der Waals surface area (Å²) in [5.41, 5.74) is 4.08. The monoisotopic (exact) mass is 411 g/mol. The Bertz CT molecular complexity index is 1030. The summed E-state index contributed by atoms with van der Waals surface area (Å²) in [6, 6.07) is 11.6. The molecular formula is C21H21N3O4S. The van der Waals surface area contributed by atoms with Crippen molar-refractivity contribution in [1.29, 1.82) is 0 Å². The number of aromatic nitrogens is 2. The number of hydrogen-bond acceptors (Lipinski definition) is 7. The van der Waals surface area contributed by atoms with Gasteiger partial charge >= 0.3 is 0 Å². The minimum absolute atomic E-state index is 0.119. The molecule has 1 N–H and O–H groups in total. The highest BCUT2D eigenvalue weighted by Gasteiger charge is 2.18. The van der Waals surface area contributed by atoms with Crippen molar-refractivity contribution < 1.29 is 18.7 Å². The Kier molecular flexibility index (Phi) is 5.44. The number of amides is 1. The molecule has 4 rings (SSSR count). The molecule has 0 aliphatic carbocycles. The zero-order valence-corrected chi connectivity index (χ0v) is 17.2. The number of thioether (sulfide) groups is 1. The number of nitrogens with one attached hydrogen (secondary N) is 1. The molecule has 0 fully saturated rings. The fraction of sp³-hybridized carbons (Fsp3) is 0.286. The predicted molar refractivity (Wildman–Crippen MR) is 109 cm³/mol. The smallest absolute Gasteiger partial charge is 0.277 e.